The summed E-state index contributed by atoms with van der Waals surface area (Å²) in [4.78, 5) is 39.2. The summed E-state index contributed by atoms with van der Waals surface area (Å²) in [7, 11) is 1.47. The molecular formula is C24H27ClN2O5. The number of hydrogen-bond acceptors (Lipinski definition) is 5. The van der Waals surface area contributed by atoms with Crippen LogP contribution in [0.2, 0.25) is 5.02 Å². The lowest BCUT2D eigenvalue weighted by Gasteiger charge is -2.23. The van der Waals surface area contributed by atoms with Crippen molar-refractivity contribution in [2.45, 2.75) is 33.1 Å². The van der Waals surface area contributed by atoms with E-state index in [0.717, 1.165) is 29.7 Å². The Hall–Kier alpha value is -3.06. The Balaban J connectivity index is 1.62. The number of methoxy groups -OCH3 is 1. The summed E-state index contributed by atoms with van der Waals surface area (Å²) in [6.07, 6.45) is 1.63. The van der Waals surface area contributed by atoms with Crippen molar-refractivity contribution in [3.05, 3.63) is 52.5 Å². The zero-order valence-corrected chi connectivity index (χ0v) is 19.2. The van der Waals surface area contributed by atoms with Crippen molar-refractivity contribution in [2.75, 3.05) is 30.5 Å². The van der Waals surface area contributed by atoms with E-state index in [9.17, 15) is 14.4 Å². The molecule has 0 aromatic heterocycles. The summed E-state index contributed by atoms with van der Waals surface area (Å²) >= 11 is 5.96. The monoisotopic (exact) mass is 458 g/mol. The summed E-state index contributed by atoms with van der Waals surface area (Å²) in [5.74, 6) is -1.39. The average molecular weight is 459 g/mol. The number of ether oxygens (including phenoxy) is 2. The van der Waals surface area contributed by atoms with E-state index in [1.807, 2.05) is 32.0 Å². The summed E-state index contributed by atoms with van der Waals surface area (Å²) in [6.45, 7) is 3.85. The molecule has 2 amide bonds. The number of benzene rings is 2. The minimum absolute atomic E-state index is 0.0593. The lowest BCUT2D eigenvalue weighted by molar-refractivity contribution is -0.151. The van der Waals surface area contributed by atoms with Gasteiger partial charge in [-0.25, -0.2) is 0 Å². The lowest BCUT2D eigenvalue weighted by Crippen LogP contribution is -2.29. The quantitative estimate of drug-likeness (QED) is 0.604. The molecule has 170 valence electrons. The van der Waals surface area contributed by atoms with Gasteiger partial charge in [0.15, 0.2) is 6.61 Å². The highest BCUT2D eigenvalue weighted by Crippen LogP contribution is 2.33. The van der Waals surface area contributed by atoms with Gasteiger partial charge in [0.1, 0.15) is 5.75 Å². The minimum Gasteiger partial charge on any atom is -0.495 e. The molecule has 1 N–H and O–H groups in total. The molecule has 8 heteroatoms. The maximum absolute atomic E-state index is 12.7. The van der Waals surface area contributed by atoms with E-state index >= 15 is 0 Å². The van der Waals surface area contributed by atoms with Gasteiger partial charge in [-0.15, -0.1) is 0 Å². The number of carbonyl (C=O) groups is 3. The standard InChI is InChI=1S/C24H27ClN2O5/c1-4-15-7-6-8-16(5-2)23(15)27-13-17(11-22(27)29)24(30)32-14-21(28)26-19-12-18(25)9-10-20(19)31-3/h6-10,12,17H,4-5,11,13-14H2,1-3H3,(H,26,28)/t17-/m1/s1. The number of amides is 2. The molecule has 1 aliphatic heterocycles. The summed E-state index contributed by atoms with van der Waals surface area (Å²) in [5.41, 5.74) is 3.42. The van der Waals surface area contributed by atoms with E-state index in [4.69, 9.17) is 21.1 Å². The number of anilines is 2. The van der Waals surface area contributed by atoms with Crippen LogP contribution in [0.5, 0.6) is 5.75 Å². The Kier molecular flexibility index (Phi) is 7.75. The first kappa shape index (κ1) is 23.6. The molecule has 1 aliphatic rings. The second-order valence-corrected chi connectivity index (χ2v) is 7.97. The van der Waals surface area contributed by atoms with Crippen LogP contribution in [0.3, 0.4) is 0 Å². The molecule has 32 heavy (non-hydrogen) atoms. The van der Waals surface area contributed by atoms with Gasteiger partial charge >= 0.3 is 5.97 Å². The van der Waals surface area contributed by atoms with Gasteiger partial charge in [0, 0.05) is 23.7 Å². The lowest BCUT2D eigenvalue weighted by atomic mass is 10.0. The number of aryl methyl sites for hydroxylation is 2. The van der Waals surface area contributed by atoms with Crippen LogP contribution in [0.15, 0.2) is 36.4 Å². The Labute approximate surface area is 192 Å². The van der Waals surface area contributed by atoms with Crippen molar-refractivity contribution in [1.82, 2.24) is 0 Å². The summed E-state index contributed by atoms with van der Waals surface area (Å²) < 4.78 is 10.4. The number of rotatable bonds is 8. The molecule has 1 saturated heterocycles. The average Bonchev–Trinajstić information content (AvgIpc) is 3.18. The van der Waals surface area contributed by atoms with Gasteiger partial charge in [0.2, 0.25) is 5.91 Å². The predicted octanol–water partition coefficient (Wildman–Crippen LogP) is 4.01. The fraction of sp³-hybridized carbons (Fsp3) is 0.375. The molecule has 0 spiro atoms. The third-order valence-corrected chi connectivity index (χ3v) is 5.71. The summed E-state index contributed by atoms with van der Waals surface area (Å²) in [5, 5.41) is 3.05. The smallest absolute Gasteiger partial charge is 0.311 e. The predicted molar refractivity (Wildman–Crippen MR) is 123 cm³/mol. The highest BCUT2D eigenvalue weighted by atomic mass is 35.5. The number of nitrogens with zero attached hydrogens (tertiary/aromatic N) is 1. The van der Waals surface area contributed by atoms with Gasteiger partial charge in [-0.1, -0.05) is 43.6 Å². The van der Waals surface area contributed by atoms with Crippen molar-refractivity contribution in [2.24, 2.45) is 5.92 Å². The first-order valence-corrected chi connectivity index (χ1v) is 11.0. The number of para-hydroxylation sites is 1. The van der Waals surface area contributed by atoms with Gasteiger partial charge in [-0.2, -0.15) is 0 Å². The zero-order chi connectivity index (χ0) is 23.3. The van der Waals surface area contributed by atoms with Crippen LogP contribution in [-0.4, -0.2) is 38.0 Å². The van der Waals surface area contributed by atoms with E-state index in [-0.39, 0.29) is 18.9 Å². The molecule has 1 heterocycles. The van der Waals surface area contributed by atoms with Crippen LogP contribution in [0.1, 0.15) is 31.4 Å². The van der Waals surface area contributed by atoms with E-state index in [1.54, 1.807) is 23.1 Å². The molecule has 1 fully saturated rings. The van der Waals surface area contributed by atoms with E-state index in [1.165, 1.54) is 7.11 Å². The number of nitrogens with one attached hydrogen (secondary N) is 1. The zero-order valence-electron chi connectivity index (χ0n) is 18.4. The maximum atomic E-state index is 12.7. The van der Waals surface area contributed by atoms with Crippen LogP contribution >= 0.6 is 11.6 Å². The highest BCUT2D eigenvalue weighted by Gasteiger charge is 2.37. The first-order chi connectivity index (χ1) is 15.4. The van der Waals surface area contributed by atoms with Gasteiger partial charge in [-0.05, 0) is 42.2 Å². The van der Waals surface area contributed by atoms with Crippen molar-refractivity contribution < 1.29 is 23.9 Å². The maximum Gasteiger partial charge on any atom is 0.311 e. The molecule has 2 aromatic rings. The third-order valence-electron chi connectivity index (χ3n) is 5.47. The van der Waals surface area contributed by atoms with E-state index < -0.39 is 24.4 Å². The Morgan fingerprint density at radius 1 is 1.16 bits per heavy atom. The fourth-order valence-corrected chi connectivity index (χ4v) is 4.03. The van der Waals surface area contributed by atoms with Crippen molar-refractivity contribution in [3.8, 4) is 5.75 Å². The van der Waals surface area contributed by atoms with Crippen LogP contribution < -0.4 is 15.0 Å². The third kappa shape index (κ3) is 5.22. The Bertz CT molecular complexity index is 1000. The van der Waals surface area contributed by atoms with Crippen molar-refractivity contribution >= 4 is 40.8 Å². The molecule has 0 aliphatic carbocycles. The molecule has 0 bridgehead atoms. The first-order valence-electron chi connectivity index (χ1n) is 10.6. The van der Waals surface area contributed by atoms with Gasteiger partial charge in [-0.3, -0.25) is 14.4 Å². The number of carbonyl (C=O) groups excluding carboxylic acids is 3. The molecule has 1 atom stereocenters. The van der Waals surface area contributed by atoms with Crippen LogP contribution in [0.25, 0.3) is 0 Å². The normalized spacial score (nSPS) is 15.6. The van der Waals surface area contributed by atoms with Crippen molar-refractivity contribution in [1.29, 1.82) is 0 Å². The van der Waals surface area contributed by atoms with Crippen molar-refractivity contribution in [3.63, 3.8) is 0 Å². The molecular weight excluding hydrogens is 432 g/mol. The van der Waals surface area contributed by atoms with Crippen LogP contribution in [0, 0.1) is 5.92 Å². The minimum atomic E-state index is -0.620. The molecule has 0 saturated carbocycles. The summed E-state index contributed by atoms with van der Waals surface area (Å²) in [6, 6.07) is 10.8. The SMILES string of the molecule is CCc1cccc(CC)c1N1C[C@H](C(=O)OCC(=O)Nc2cc(Cl)ccc2OC)CC1=O. The largest absolute Gasteiger partial charge is 0.495 e. The molecule has 2 aromatic carbocycles. The number of esters is 1. The number of hydrogen-bond donors (Lipinski definition) is 1. The van der Waals surface area contributed by atoms with E-state index in [2.05, 4.69) is 5.32 Å². The second-order valence-electron chi connectivity index (χ2n) is 7.54. The molecule has 0 radical (unpaired) electrons. The van der Waals surface area contributed by atoms with Crippen LogP contribution in [-0.2, 0) is 32.0 Å². The van der Waals surface area contributed by atoms with E-state index in [0.29, 0.717) is 16.5 Å². The van der Waals surface area contributed by atoms with Crippen LogP contribution in [0.4, 0.5) is 11.4 Å². The van der Waals surface area contributed by atoms with Gasteiger partial charge < -0.3 is 19.7 Å². The second kappa shape index (κ2) is 10.5. The van der Waals surface area contributed by atoms with Gasteiger partial charge in [0.25, 0.3) is 5.91 Å². The Morgan fingerprint density at radius 2 is 1.84 bits per heavy atom. The molecule has 3 rings (SSSR count). The Morgan fingerprint density at radius 3 is 2.47 bits per heavy atom. The topological polar surface area (TPSA) is 84.9 Å². The highest BCUT2D eigenvalue weighted by molar-refractivity contribution is 6.31. The number of halogens is 1. The fourth-order valence-electron chi connectivity index (χ4n) is 3.86. The van der Waals surface area contributed by atoms with Gasteiger partial charge in [0.05, 0.1) is 18.7 Å². The molecule has 7 nitrogen and oxygen atoms in total. The molecule has 0 unspecified atom stereocenters.